The van der Waals surface area contributed by atoms with Crippen molar-refractivity contribution < 1.29 is 9.59 Å². The summed E-state index contributed by atoms with van der Waals surface area (Å²) in [6, 6.07) is 14.3. The number of anilines is 2. The lowest BCUT2D eigenvalue weighted by molar-refractivity contribution is -0.120. The van der Waals surface area contributed by atoms with Crippen molar-refractivity contribution in [1.82, 2.24) is 4.98 Å². The first kappa shape index (κ1) is 20.3. The van der Waals surface area contributed by atoms with Crippen molar-refractivity contribution in [3.63, 3.8) is 0 Å². The van der Waals surface area contributed by atoms with E-state index in [1.165, 1.54) is 9.80 Å². The highest BCUT2D eigenvalue weighted by atomic mass is 16.2. The molecule has 0 bridgehead atoms. The van der Waals surface area contributed by atoms with E-state index in [0.29, 0.717) is 17.1 Å². The molecule has 3 amide bonds. The number of nitrogens with zero attached hydrogens (tertiary/aromatic N) is 4. The van der Waals surface area contributed by atoms with Crippen molar-refractivity contribution in [2.24, 2.45) is 0 Å². The molecule has 0 saturated carbocycles. The van der Waals surface area contributed by atoms with E-state index in [1.807, 2.05) is 50.2 Å². The van der Waals surface area contributed by atoms with Crippen LogP contribution in [0.25, 0.3) is 16.0 Å². The van der Waals surface area contributed by atoms with E-state index < -0.39 is 11.6 Å². The number of carbonyl (C=O) groups is 2. The van der Waals surface area contributed by atoms with Gasteiger partial charge < -0.3 is 0 Å². The molecule has 0 spiro atoms. The van der Waals surface area contributed by atoms with Crippen molar-refractivity contribution in [3.8, 4) is 11.1 Å². The van der Waals surface area contributed by atoms with Gasteiger partial charge in [0.25, 0.3) is 5.91 Å². The van der Waals surface area contributed by atoms with Crippen molar-refractivity contribution in [2.75, 3.05) is 9.80 Å². The Morgan fingerprint density at radius 3 is 2.10 bits per heavy atom. The molecule has 1 saturated heterocycles. The summed E-state index contributed by atoms with van der Waals surface area (Å²) in [7, 11) is 0. The quantitative estimate of drug-likeness (QED) is 0.413. The molecule has 1 aliphatic heterocycles. The Bertz CT molecular complexity index is 1220. The fourth-order valence-electron chi connectivity index (χ4n) is 3.94. The van der Waals surface area contributed by atoms with Crippen molar-refractivity contribution in [3.05, 3.63) is 83.5 Å². The maximum absolute atomic E-state index is 13.5. The normalized spacial score (nSPS) is 15.3. The minimum atomic E-state index is -1.05. The van der Waals surface area contributed by atoms with E-state index in [-0.39, 0.29) is 5.91 Å². The Morgan fingerprint density at radius 1 is 0.871 bits per heavy atom. The number of benzene rings is 2. The van der Waals surface area contributed by atoms with Crippen LogP contribution in [-0.4, -0.2) is 22.5 Å². The smallest absolute Gasteiger partial charge is 0.279 e. The van der Waals surface area contributed by atoms with E-state index in [1.54, 1.807) is 38.4 Å². The molecule has 2 aromatic carbocycles. The lowest BCUT2D eigenvalue weighted by Gasteiger charge is -2.27. The van der Waals surface area contributed by atoms with Crippen LogP contribution < -0.4 is 9.80 Å². The first-order valence-electron chi connectivity index (χ1n) is 9.94. The zero-order chi connectivity index (χ0) is 22.3. The highest BCUT2D eigenvalue weighted by Gasteiger charge is 2.53. The van der Waals surface area contributed by atoms with Gasteiger partial charge in [-0.2, -0.15) is 0 Å². The van der Waals surface area contributed by atoms with E-state index in [9.17, 15) is 9.59 Å². The number of hydrogen-bond acceptors (Lipinski definition) is 3. The van der Waals surface area contributed by atoms with Gasteiger partial charge in [-0.05, 0) is 80.3 Å². The van der Waals surface area contributed by atoms with Crippen LogP contribution in [-0.2, 0) is 4.79 Å². The molecule has 2 heterocycles. The summed E-state index contributed by atoms with van der Waals surface area (Å²) in [4.78, 5) is 37.1. The Morgan fingerprint density at radius 2 is 1.48 bits per heavy atom. The van der Waals surface area contributed by atoms with Gasteiger partial charge in [-0.3, -0.25) is 14.7 Å². The molecule has 1 aromatic heterocycles. The van der Waals surface area contributed by atoms with Gasteiger partial charge in [-0.15, -0.1) is 0 Å². The SMILES string of the molecule is [C-]#[N+]c1ccc(N2C(=O)N(c3ccc(-c4ccncc4)cc3)C(C)(C)C2=O)c(C)c1C. The summed E-state index contributed by atoms with van der Waals surface area (Å²) in [6.07, 6.45) is 3.47. The standard InChI is InChI=1S/C25H22N4O2/c1-16-17(2)22(11-10-21(16)26-5)28-23(30)25(3,4)29(24(28)31)20-8-6-18(7-9-20)19-12-14-27-15-13-19/h6-15H,1-4H3. The van der Waals surface area contributed by atoms with Gasteiger partial charge in [-0.25, -0.2) is 14.5 Å². The molecule has 154 valence electrons. The van der Waals surface area contributed by atoms with Crippen LogP contribution in [0.2, 0.25) is 0 Å². The van der Waals surface area contributed by atoms with Gasteiger partial charge in [0.2, 0.25) is 0 Å². The highest BCUT2D eigenvalue weighted by molar-refractivity contribution is 6.30. The second-order valence-electron chi connectivity index (χ2n) is 8.07. The Hall–Kier alpha value is -3.98. The molecule has 4 rings (SSSR count). The summed E-state index contributed by atoms with van der Waals surface area (Å²) in [5.41, 5.74) is 4.18. The molecule has 31 heavy (non-hydrogen) atoms. The number of rotatable bonds is 3. The van der Waals surface area contributed by atoms with Crippen LogP contribution in [0.3, 0.4) is 0 Å². The van der Waals surface area contributed by atoms with E-state index in [0.717, 1.165) is 22.3 Å². The molecule has 1 aliphatic rings. The average Bonchev–Trinajstić information content (AvgIpc) is 2.95. The highest BCUT2D eigenvalue weighted by Crippen LogP contribution is 2.39. The predicted octanol–water partition coefficient (Wildman–Crippen LogP) is 5.67. The summed E-state index contributed by atoms with van der Waals surface area (Å²) < 4.78 is 0. The van der Waals surface area contributed by atoms with Crippen LogP contribution in [0, 0.1) is 20.4 Å². The first-order valence-corrected chi connectivity index (χ1v) is 9.94. The molecule has 0 aliphatic carbocycles. The minimum absolute atomic E-state index is 0.297. The summed E-state index contributed by atoms with van der Waals surface area (Å²) in [5.74, 6) is -0.297. The first-order chi connectivity index (χ1) is 14.8. The van der Waals surface area contributed by atoms with E-state index >= 15 is 0 Å². The number of urea groups is 1. The molecule has 0 atom stereocenters. The second kappa shape index (κ2) is 7.37. The zero-order valence-corrected chi connectivity index (χ0v) is 17.9. The topological polar surface area (TPSA) is 57.9 Å². The number of carbonyl (C=O) groups excluding carboxylic acids is 2. The monoisotopic (exact) mass is 410 g/mol. The van der Waals surface area contributed by atoms with Crippen LogP contribution in [0.15, 0.2) is 60.9 Å². The third-order valence-electron chi connectivity index (χ3n) is 5.90. The second-order valence-corrected chi connectivity index (χ2v) is 8.07. The summed E-state index contributed by atoms with van der Waals surface area (Å²) >= 11 is 0. The van der Waals surface area contributed by atoms with E-state index in [4.69, 9.17) is 6.57 Å². The maximum atomic E-state index is 13.5. The number of pyridine rings is 1. The molecular weight excluding hydrogens is 388 g/mol. The van der Waals surface area contributed by atoms with Gasteiger partial charge in [0.05, 0.1) is 12.3 Å². The number of aromatic nitrogens is 1. The lowest BCUT2D eigenvalue weighted by atomic mass is 10.0. The minimum Gasteiger partial charge on any atom is -0.279 e. The molecule has 6 nitrogen and oxygen atoms in total. The molecule has 1 fully saturated rings. The molecule has 0 unspecified atom stereocenters. The number of hydrogen-bond donors (Lipinski definition) is 0. The van der Waals surface area contributed by atoms with Crippen molar-refractivity contribution >= 4 is 29.0 Å². The van der Waals surface area contributed by atoms with E-state index in [2.05, 4.69) is 9.83 Å². The van der Waals surface area contributed by atoms with Crippen molar-refractivity contribution in [2.45, 2.75) is 33.2 Å². The lowest BCUT2D eigenvalue weighted by Crippen LogP contribution is -2.44. The van der Waals surface area contributed by atoms with Gasteiger partial charge in [0, 0.05) is 18.1 Å². The largest absolute Gasteiger partial charge is 0.336 e. The molecular formula is C25H22N4O2. The number of imide groups is 1. The fourth-order valence-corrected chi connectivity index (χ4v) is 3.94. The fraction of sp³-hybridized carbons (Fsp3) is 0.200. The molecule has 3 aromatic rings. The van der Waals surface area contributed by atoms with Crippen molar-refractivity contribution in [1.29, 1.82) is 0 Å². The summed E-state index contributed by atoms with van der Waals surface area (Å²) in [5, 5.41) is 0. The maximum Gasteiger partial charge on any atom is 0.336 e. The van der Waals surface area contributed by atoms with Gasteiger partial charge in [0.15, 0.2) is 5.69 Å². The molecule has 6 heteroatoms. The third-order valence-corrected chi connectivity index (χ3v) is 5.90. The van der Waals surface area contributed by atoms with Gasteiger partial charge >= 0.3 is 6.03 Å². The predicted molar refractivity (Wildman–Crippen MR) is 121 cm³/mol. The van der Waals surface area contributed by atoms with Crippen LogP contribution in [0.5, 0.6) is 0 Å². The number of amides is 3. The Kier molecular flexibility index (Phi) is 4.82. The van der Waals surface area contributed by atoms with Crippen LogP contribution in [0.4, 0.5) is 21.9 Å². The van der Waals surface area contributed by atoms with Crippen LogP contribution in [0.1, 0.15) is 25.0 Å². The Labute approximate surface area is 181 Å². The average molecular weight is 410 g/mol. The zero-order valence-electron chi connectivity index (χ0n) is 17.9. The van der Waals surface area contributed by atoms with Gasteiger partial charge in [0.1, 0.15) is 5.54 Å². The Balaban J connectivity index is 1.74. The van der Waals surface area contributed by atoms with Gasteiger partial charge in [-0.1, -0.05) is 18.2 Å². The molecule has 0 radical (unpaired) electrons. The molecule has 0 N–H and O–H groups in total. The summed E-state index contributed by atoms with van der Waals surface area (Å²) in [6.45, 7) is 14.5. The van der Waals surface area contributed by atoms with Crippen LogP contribution >= 0.6 is 0 Å². The third kappa shape index (κ3) is 3.15.